The number of amides is 2. The lowest BCUT2D eigenvalue weighted by Gasteiger charge is -2.32. The van der Waals surface area contributed by atoms with Crippen molar-refractivity contribution in [2.24, 2.45) is 0 Å². The minimum Gasteiger partial charge on any atom is -0.480 e. The van der Waals surface area contributed by atoms with Crippen LogP contribution in [0, 0.1) is 0 Å². The molecule has 0 saturated carbocycles. The number of rotatable bonds is 6. The predicted molar refractivity (Wildman–Crippen MR) is 126 cm³/mol. The summed E-state index contributed by atoms with van der Waals surface area (Å²) in [4.78, 5) is 33.8. The van der Waals surface area contributed by atoms with E-state index >= 15 is 0 Å². The van der Waals surface area contributed by atoms with Crippen molar-refractivity contribution in [3.05, 3.63) is 35.8 Å². The first-order chi connectivity index (χ1) is 19.0. The van der Waals surface area contributed by atoms with Crippen LogP contribution in [0.4, 0.5) is 36.6 Å². The SMILES string of the molecule is COc1ncc(-c2cc(C(F)(F)F)c3c(N)ncnn23)cc1C(=O)N[C@@H]1CN(C(=O)C(C)(OC)C(F)(F)F)C[C@@H]1F. The zero-order chi connectivity index (χ0) is 30.5. The molecule has 3 atom stereocenters. The van der Waals surface area contributed by atoms with Crippen molar-refractivity contribution >= 4 is 23.1 Å². The van der Waals surface area contributed by atoms with E-state index in [1.54, 1.807) is 0 Å². The molecule has 1 saturated heterocycles. The normalized spacial score (nSPS) is 19.3. The van der Waals surface area contributed by atoms with Crippen LogP contribution in [0.15, 0.2) is 24.7 Å². The maximum absolute atomic E-state index is 14.8. The highest BCUT2D eigenvalue weighted by molar-refractivity contribution is 5.98. The number of nitrogen functional groups attached to an aromatic ring is 1. The number of pyridine rings is 1. The van der Waals surface area contributed by atoms with Crippen LogP contribution < -0.4 is 15.8 Å². The Bertz CT molecular complexity index is 1490. The second-order valence-corrected chi connectivity index (χ2v) is 9.17. The molecule has 2 amide bonds. The quantitative estimate of drug-likeness (QED) is 0.417. The van der Waals surface area contributed by atoms with E-state index in [1.165, 1.54) is 0 Å². The van der Waals surface area contributed by atoms with Crippen LogP contribution in [0.5, 0.6) is 5.88 Å². The maximum Gasteiger partial charge on any atom is 0.426 e. The number of likely N-dealkylation sites (tertiary alicyclic amines) is 1. The summed E-state index contributed by atoms with van der Waals surface area (Å²) in [5, 5.41) is 6.11. The number of ether oxygens (including phenoxy) is 2. The molecule has 1 unspecified atom stereocenters. The molecule has 0 aliphatic carbocycles. The molecule has 1 fully saturated rings. The number of nitrogens with two attached hydrogens (primary N) is 1. The van der Waals surface area contributed by atoms with Crippen LogP contribution in [0.2, 0.25) is 0 Å². The summed E-state index contributed by atoms with van der Waals surface area (Å²) in [5.74, 6) is -3.31. The highest BCUT2D eigenvalue weighted by atomic mass is 19.4. The van der Waals surface area contributed by atoms with Gasteiger partial charge in [0.2, 0.25) is 11.5 Å². The zero-order valence-corrected chi connectivity index (χ0v) is 21.5. The second kappa shape index (κ2) is 10.3. The summed E-state index contributed by atoms with van der Waals surface area (Å²) < 4.78 is 107. The van der Waals surface area contributed by atoms with Gasteiger partial charge >= 0.3 is 12.4 Å². The van der Waals surface area contributed by atoms with Gasteiger partial charge in [0.05, 0.1) is 31.0 Å². The van der Waals surface area contributed by atoms with Gasteiger partial charge in [0.25, 0.3) is 11.8 Å². The number of nitrogens with one attached hydrogen (secondary N) is 1. The van der Waals surface area contributed by atoms with Crippen LogP contribution >= 0.6 is 0 Å². The highest BCUT2D eigenvalue weighted by Crippen LogP contribution is 2.39. The molecule has 0 spiro atoms. The van der Waals surface area contributed by atoms with Gasteiger partial charge in [-0.3, -0.25) is 9.59 Å². The topological polar surface area (TPSA) is 137 Å². The molecule has 3 N–H and O–H groups in total. The summed E-state index contributed by atoms with van der Waals surface area (Å²) in [5.41, 5.74) is 0.186. The Balaban J connectivity index is 1.65. The number of alkyl halides is 7. The minimum absolute atomic E-state index is 0.0411. The van der Waals surface area contributed by atoms with Gasteiger partial charge in [-0.2, -0.15) is 31.4 Å². The largest absolute Gasteiger partial charge is 0.480 e. The Labute approximate surface area is 226 Å². The van der Waals surface area contributed by atoms with Crippen molar-refractivity contribution in [1.82, 2.24) is 29.8 Å². The number of nitrogens with zero attached hydrogens (tertiary/aromatic N) is 5. The first kappa shape index (κ1) is 29.8. The molecule has 4 heterocycles. The van der Waals surface area contributed by atoms with E-state index in [-0.39, 0.29) is 22.7 Å². The molecule has 0 bridgehead atoms. The zero-order valence-electron chi connectivity index (χ0n) is 21.5. The molecule has 1 aliphatic heterocycles. The van der Waals surface area contributed by atoms with Crippen LogP contribution in [0.25, 0.3) is 16.8 Å². The fourth-order valence-corrected chi connectivity index (χ4v) is 4.35. The van der Waals surface area contributed by atoms with Gasteiger partial charge in [0.1, 0.15) is 23.6 Å². The molecule has 1 aliphatic rings. The number of carbonyl (C=O) groups is 2. The van der Waals surface area contributed by atoms with E-state index in [2.05, 4.69) is 25.1 Å². The lowest BCUT2D eigenvalue weighted by molar-refractivity contribution is -0.258. The van der Waals surface area contributed by atoms with Gasteiger partial charge < -0.3 is 25.4 Å². The summed E-state index contributed by atoms with van der Waals surface area (Å²) in [6.45, 7) is -0.874. The number of carbonyl (C=O) groups excluding carboxylic acids is 2. The van der Waals surface area contributed by atoms with Crippen molar-refractivity contribution in [2.45, 2.75) is 37.1 Å². The lowest BCUT2D eigenvalue weighted by Crippen LogP contribution is -2.57. The van der Waals surface area contributed by atoms with Crippen LogP contribution in [0.1, 0.15) is 22.8 Å². The molecule has 18 heteroatoms. The summed E-state index contributed by atoms with van der Waals surface area (Å²) >= 11 is 0. The van der Waals surface area contributed by atoms with E-state index < -0.39 is 72.0 Å². The Hall–Kier alpha value is -4.22. The van der Waals surface area contributed by atoms with Gasteiger partial charge in [0, 0.05) is 25.4 Å². The molecule has 0 radical (unpaired) electrons. The maximum atomic E-state index is 14.8. The molecule has 11 nitrogen and oxygen atoms in total. The first-order valence-corrected chi connectivity index (χ1v) is 11.6. The molecule has 4 rings (SSSR count). The Morgan fingerprint density at radius 3 is 2.37 bits per heavy atom. The monoisotopic (exact) mass is 593 g/mol. The average Bonchev–Trinajstić information content (AvgIpc) is 3.48. The van der Waals surface area contributed by atoms with E-state index in [0.29, 0.717) is 18.9 Å². The van der Waals surface area contributed by atoms with Crippen LogP contribution in [-0.4, -0.2) is 87.6 Å². The first-order valence-electron chi connectivity index (χ1n) is 11.6. The number of aromatic nitrogens is 4. The molecule has 222 valence electrons. The summed E-state index contributed by atoms with van der Waals surface area (Å²) in [6.07, 6.45) is -9.86. The Morgan fingerprint density at radius 1 is 1.10 bits per heavy atom. The number of hydrogen-bond acceptors (Lipinski definition) is 8. The standard InChI is InChI=1S/C23H22F7N7O4/c1-21(41-3,23(28,29)30)20(39)36-7-13(24)14(8-36)35-18(38)11-4-10(6-32-19(11)40-2)15-5-12(22(25,26)27)16-17(31)33-9-34-37(15)16/h4-6,9,13-14H,7-8H2,1-3H3,(H,35,38)(H2,31,33,34)/t13-,14+,21?/m0/s1. The molecular weight excluding hydrogens is 571 g/mol. The third kappa shape index (κ3) is 5.18. The molecule has 3 aromatic rings. The highest BCUT2D eigenvalue weighted by Gasteiger charge is 2.60. The van der Waals surface area contributed by atoms with Crippen molar-refractivity contribution < 1.29 is 49.8 Å². The van der Waals surface area contributed by atoms with Gasteiger partial charge in [-0.15, -0.1) is 0 Å². The third-order valence-electron chi connectivity index (χ3n) is 6.68. The van der Waals surface area contributed by atoms with Gasteiger partial charge in [0.15, 0.2) is 5.82 Å². The van der Waals surface area contributed by atoms with Gasteiger partial charge in [-0.1, -0.05) is 0 Å². The summed E-state index contributed by atoms with van der Waals surface area (Å²) in [7, 11) is 1.84. The van der Waals surface area contributed by atoms with E-state index in [9.17, 15) is 40.3 Å². The van der Waals surface area contributed by atoms with Crippen LogP contribution in [0.3, 0.4) is 0 Å². The fraction of sp³-hybridized carbons (Fsp3) is 0.435. The van der Waals surface area contributed by atoms with Crippen molar-refractivity contribution in [1.29, 1.82) is 0 Å². The molecule has 3 aromatic heterocycles. The molecular formula is C23H22F7N7O4. The lowest BCUT2D eigenvalue weighted by atomic mass is 10.0. The summed E-state index contributed by atoms with van der Waals surface area (Å²) in [6, 6.07) is 0.405. The number of fused-ring (bicyclic) bond motifs is 1. The number of hydrogen-bond donors (Lipinski definition) is 2. The smallest absolute Gasteiger partial charge is 0.426 e. The van der Waals surface area contributed by atoms with Crippen LogP contribution in [-0.2, 0) is 15.7 Å². The van der Waals surface area contributed by atoms with E-state index in [4.69, 9.17) is 10.5 Å². The van der Waals surface area contributed by atoms with Crippen molar-refractivity contribution in [3.63, 3.8) is 0 Å². The van der Waals surface area contributed by atoms with E-state index in [1.807, 2.05) is 0 Å². The average molecular weight is 593 g/mol. The second-order valence-electron chi connectivity index (χ2n) is 9.17. The predicted octanol–water partition coefficient (Wildman–Crippen LogP) is 2.65. The van der Waals surface area contributed by atoms with Crippen molar-refractivity contribution in [2.75, 3.05) is 33.0 Å². The Kier molecular flexibility index (Phi) is 7.49. The molecule has 0 aromatic carbocycles. The fourth-order valence-electron chi connectivity index (χ4n) is 4.35. The Morgan fingerprint density at radius 2 is 1.78 bits per heavy atom. The number of anilines is 1. The third-order valence-corrected chi connectivity index (χ3v) is 6.68. The minimum atomic E-state index is -5.10. The van der Waals surface area contributed by atoms with E-state index in [0.717, 1.165) is 36.3 Å². The van der Waals surface area contributed by atoms with Crippen molar-refractivity contribution in [3.8, 4) is 17.1 Å². The number of halogens is 7. The number of methoxy groups -OCH3 is 2. The van der Waals surface area contributed by atoms with Gasteiger partial charge in [-0.25, -0.2) is 18.9 Å². The van der Waals surface area contributed by atoms with Gasteiger partial charge in [-0.05, 0) is 19.1 Å². The molecule has 41 heavy (non-hydrogen) atoms.